The highest BCUT2D eigenvalue weighted by atomic mass is 35.5. The summed E-state index contributed by atoms with van der Waals surface area (Å²) in [6.45, 7) is 0.990. The van der Waals surface area contributed by atoms with Gasteiger partial charge in [-0.25, -0.2) is 19.9 Å². The molecule has 4 aromatic carbocycles. The maximum Gasteiger partial charge on any atom is 0.573 e. The highest BCUT2D eigenvalue weighted by Gasteiger charge is 2.33. The third-order valence-corrected chi connectivity index (χ3v) is 10.5. The number of amides is 2. The van der Waals surface area contributed by atoms with E-state index in [0.29, 0.717) is 22.7 Å². The highest BCUT2D eigenvalue weighted by Crippen LogP contribution is 2.34. The predicted molar refractivity (Wildman–Crippen MR) is 228 cm³/mol. The molecule has 0 aliphatic carbocycles. The first-order valence-electron chi connectivity index (χ1n) is 19.5. The van der Waals surface area contributed by atoms with Gasteiger partial charge in [-0.2, -0.15) is 0 Å². The van der Waals surface area contributed by atoms with E-state index in [4.69, 9.17) is 26.8 Å². The molecule has 0 saturated carbocycles. The number of alkyl halides is 6. The lowest BCUT2D eigenvalue weighted by molar-refractivity contribution is -0.275. The number of hydrogen-bond acceptors (Lipinski definition) is 11. The first-order valence-corrected chi connectivity index (χ1v) is 19.9. The zero-order chi connectivity index (χ0) is 46.3. The molecule has 4 aromatic heterocycles. The van der Waals surface area contributed by atoms with Crippen molar-refractivity contribution in [2.45, 2.75) is 12.7 Å². The highest BCUT2D eigenvalue weighted by molar-refractivity contribution is 6.33. The second-order valence-corrected chi connectivity index (χ2v) is 14.7. The van der Waals surface area contributed by atoms with Crippen LogP contribution >= 0.6 is 11.6 Å². The maximum absolute atomic E-state index is 13.1. The third-order valence-electron chi connectivity index (χ3n) is 10.3. The second kappa shape index (κ2) is 17.1. The third kappa shape index (κ3) is 8.87. The van der Waals surface area contributed by atoms with E-state index in [9.17, 15) is 35.9 Å². The normalized spacial score (nSPS) is 14.0. The lowest BCUT2D eigenvalue weighted by Gasteiger charge is -2.20. The summed E-state index contributed by atoms with van der Waals surface area (Å²) in [6.07, 6.45) is -3.62. The van der Waals surface area contributed by atoms with Crippen LogP contribution in [0.25, 0.3) is 33.2 Å². The number of ether oxygens (including phenoxy) is 4. The molecular weight excluding hydrogens is 900 g/mol. The molecule has 2 aliphatic heterocycles. The van der Waals surface area contributed by atoms with E-state index in [0.717, 1.165) is 21.8 Å². The van der Waals surface area contributed by atoms with Crippen molar-refractivity contribution in [3.05, 3.63) is 138 Å². The van der Waals surface area contributed by atoms with Gasteiger partial charge in [-0.1, -0.05) is 23.7 Å². The van der Waals surface area contributed by atoms with E-state index in [1.54, 1.807) is 70.1 Å². The van der Waals surface area contributed by atoms with Crippen molar-refractivity contribution in [1.29, 1.82) is 0 Å². The van der Waals surface area contributed by atoms with Crippen LogP contribution in [0, 0.1) is 0 Å². The lowest BCUT2D eigenvalue weighted by atomic mass is 10.2. The molecule has 22 heteroatoms. The number of hydrogen-bond donors (Lipinski definition) is 1. The predicted octanol–water partition coefficient (Wildman–Crippen LogP) is 8.95. The minimum absolute atomic E-state index is 0.00471. The maximum atomic E-state index is 13.1. The molecule has 0 fully saturated rings. The monoisotopic (exact) mass is 929 g/mol. The smallest absolute Gasteiger partial charge is 0.475 e. The topological polar surface area (TPSA) is 165 Å². The number of aromatic nitrogens is 6. The minimum atomic E-state index is -4.78. The molecule has 2 amide bonds. The van der Waals surface area contributed by atoms with Gasteiger partial charge in [0.2, 0.25) is 11.8 Å². The lowest BCUT2D eigenvalue weighted by Crippen LogP contribution is -2.32. The van der Waals surface area contributed by atoms with Crippen molar-refractivity contribution in [3.63, 3.8) is 0 Å². The first-order chi connectivity index (χ1) is 31.6. The Morgan fingerprint density at radius 2 is 1.05 bits per heavy atom. The molecule has 15 nitrogen and oxygen atoms in total. The van der Waals surface area contributed by atoms with Gasteiger partial charge >= 0.3 is 12.7 Å². The summed E-state index contributed by atoms with van der Waals surface area (Å²) in [5.41, 5.74) is 9.78. The summed E-state index contributed by atoms with van der Waals surface area (Å²) in [4.78, 5) is 45.1. The summed E-state index contributed by atoms with van der Waals surface area (Å²) in [6, 6.07) is 25.7. The van der Waals surface area contributed by atoms with Crippen LogP contribution in [-0.2, 0) is 0 Å². The SMILES string of the molecule is Nc1ncnc2c1C(=O)N(c1ccc3c(ccn3-c3cccc(OC(F)(F)F)c3)c1)CCO2.O=C1c2c(Cl)ncnc2OCCN1c1ccc2c(ccn2-c2cccc(OC(F)(F)F)c2)c1. The van der Waals surface area contributed by atoms with Crippen molar-refractivity contribution in [2.24, 2.45) is 0 Å². The van der Waals surface area contributed by atoms with Crippen molar-refractivity contribution in [3.8, 4) is 34.6 Å². The fraction of sp³-hybridized carbons (Fsp3) is 0.136. The van der Waals surface area contributed by atoms with Gasteiger partial charge < -0.3 is 43.6 Å². The molecule has 2 N–H and O–H groups in total. The van der Waals surface area contributed by atoms with Gasteiger partial charge in [-0.15, -0.1) is 26.3 Å². The molecule has 0 atom stereocenters. The van der Waals surface area contributed by atoms with Crippen LogP contribution in [0.15, 0.2) is 122 Å². The van der Waals surface area contributed by atoms with Crippen molar-refractivity contribution < 1.29 is 54.9 Å². The van der Waals surface area contributed by atoms with Crippen molar-refractivity contribution in [1.82, 2.24) is 29.1 Å². The zero-order valence-corrected chi connectivity index (χ0v) is 34.4. The summed E-state index contributed by atoms with van der Waals surface area (Å²) in [5.74, 6) is -1.08. The van der Waals surface area contributed by atoms with E-state index in [1.807, 2.05) is 12.1 Å². The first kappa shape index (κ1) is 43.2. The summed E-state index contributed by atoms with van der Waals surface area (Å²) < 4.78 is 98.1. The van der Waals surface area contributed by atoms with Crippen LogP contribution in [0.3, 0.4) is 0 Å². The van der Waals surface area contributed by atoms with Crippen LogP contribution in [0.5, 0.6) is 23.3 Å². The van der Waals surface area contributed by atoms with E-state index in [1.165, 1.54) is 58.9 Å². The molecule has 10 rings (SSSR count). The number of benzene rings is 4. The van der Waals surface area contributed by atoms with E-state index < -0.39 is 12.7 Å². The van der Waals surface area contributed by atoms with Gasteiger partial charge in [0.1, 0.15) is 59.5 Å². The molecule has 0 saturated heterocycles. The Balaban J connectivity index is 0.000000166. The van der Waals surface area contributed by atoms with Crippen LogP contribution in [-0.4, -0.2) is 79.9 Å². The van der Waals surface area contributed by atoms with Gasteiger partial charge in [-0.3, -0.25) is 9.59 Å². The number of rotatable bonds is 6. The average molecular weight is 930 g/mol. The van der Waals surface area contributed by atoms with Crippen LogP contribution in [0.2, 0.25) is 5.15 Å². The molecule has 6 heterocycles. The number of anilines is 3. The Morgan fingerprint density at radius 3 is 1.55 bits per heavy atom. The molecular formula is C44H30ClF6N9O6. The molecule has 0 spiro atoms. The number of carbonyl (C=O) groups excluding carboxylic acids is 2. The second-order valence-electron chi connectivity index (χ2n) is 14.3. The number of nitrogen functional groups attached to an aromatic ring is 1. The number of nitrogens with zero attached hydrogens (tertiary/aromatic N) is 8. The fourth-order valence-corrected chi connectivity index (χ4v) is 7.68. The van der Waals surface area contributed by atoms with Gasteiger partial charge in [-0.05, 0) is 72.8 Å². The molecule has 0 unspecified atom stereocenters. The number of halogens is 7. The van der Waals surface area contributed by atoms with E-state index in [2.05, 4.69) is 29.4 Å². The van der Waals surface area contributed by atoms with E-state index >= 15 is 0 Å². The molecule has 8 aromatic rings. The minimum Gasteiger partial charge on any atom is -0.475 e. The quantitative estimate of drug-likeness (QED) is 0.125. The van der Waals surface area contributed by atoms with E-state index in [-0.39, 0.29) is 83.5 Å². The fourth-order valence-electron chi connectivity index (χ4n) is 7.47. The number of fused-ring (bicyclic) bond motifs is 4. The van der Waals surface area contributed by atoms with Crippen LogP contribution in [0.4, 0.5) is 43.5 Å². The largest absolute Gasteiger partial charge is 0.573 e. The molecule has 0 radical (unpaired) electrons. The summed E-state index contributed by atoms with van der Waals surface area (Å²) in [7, 11) is 0. The summed E-state index contributed by atoms with van der Waals surface area (Å²) in [5, 5.41) is 1.57. The Bertz CT molecular complexity index is 2950. The Labute approximate surface area is 373 Å². The van der Waals surface area contributed by atoms with Gasteiger partial charge in [0, 0.05) is 58.0 Å². The molecule has 336 valence electrons. The van der Waals surface area contributed by atoms with Crippen LogP contribution in [0.1, 0.15) is 20.7 Å². The van der Waals surface area contributed by atoms with Gasteiger partial charge in [0.05, 0.1) is 24.1 Å². The summed E-state index contributed by atoms with van der Waals surface area (Å²) >= 11 is 6.12. The van der Waals surface area contributed by atoms with Gasteiger partial charge in [0.25, 0.3) is 11.8 Å². The van der Waals surface area contributed by atoms with Crippen molar-refractivity contribution >= 4 is 62.4 Å². The van der Waals surface area contributed by atoms with Gasteiger partial charge in [0.15, 0.2) is 0 Å². The Morgan fingerprint density at radius 1 is 0.576 bits per heavy atom. The molecule has 2 aliphatic rings. The zero-order valence-electron chi connectivity index (χ0n) is 33.6. The number of nitrogens with two attached hydrogens (primary N) is 1. The number of carbonyl (C=O) groups is 2. The Kier molecular flexibility index (Phi) is 11.2. The standard InChI is InChI=1S/C22H14ClF3N4O3.C22H16F3N5O3/c23-19-18-20(28-12-27-19)32-9-8-30(21(18)31)15-4-5-17-13(10-15)6-7-29(17)14-2-1-3-16(11-14)33-22(24,25)26;23-22(24,25)33-16-3-1-2-14(11-16)29-7-6-13-10-15(4-5-17(13)29)30-8-9-32-20-18(21(30)31)19(26)27-12-28-20/h1-7,10-12H,8-9H2;1-7,10-12H,8-9H2,(H2,26,27,28). The Hall–Kier alpha value is -8.07. The van der Waals surface area contributed by atoms with Crippen LogP contribution < -0.4 is 34.5 Å². The molecule has 0 bridgehead atoms. The van der Waals surface area contributed by atoms with Crippen molar-refractivity contribution in [2.75, 3.05) is 41.8 Å². The molecule has 66 heavy (non-hydrogen) atoms. The average Bonchev–Trinajstić information content (AvgIpc) is 3.80.